The van der Waals surface area contributed by atoms with Crippen LogP contribution in [0.5, 0.6) is 5.75 Å². The first-order chi connectivity index (χ1) is 15.1. The third-order valence-corrected chi connectivity index (χ3v) is 5.26. The monoisotopic (exact) mass is 417 g/mol. The minimum Gasteiger partial charge on any atom is -0.490 e. The van der Waals surface area contributed by atoms with Gasteiger partial charge in [0.2, 0.25) is 0 Å². The minimum atomic E-state index is -1.09. The summed E-state index contributed by atoms with van der Waals surface area (Å²) in [5.41, 5.74) is 1.49. The molecule has 2 heterocycles. The van der Waals surface area contributed by atoms with Crippen LogP contribution in [0.25, 0.3) is 0 Å². The van der Waals surface area contributed by atoms with Gasteiger partial charge in [0.05, 0.1) is 16.8 Å². The van der Waals surface area contributed by atoms with Gasteiger partial charge in [-0.2, -0.15) is 0 Å². The second-order valence-electron chi connectivity index (χ2n) is 7.35. The number of nitrogens with zero attached hydrogens (tertiary/aromatic N) is 2. The summed E-state index contributed by atoms with van der Waals surface area (Å²) in [7, 11) is 0. The van der Waals surface area contributed by atoms with Crippen LogP contribution in [0, 0.1) is 0 Å². The number of carboxylic acid groups (broad SMARTS) is 1. The Labute approximate surface area is 180 Å². The predicted molar refractivity (Wildman–Crippen MR) is 118 cm³/mol. The summed E-state index contributed by atoms with van der Waals surface area (Å²) in [5.74, 6) is -0.629. The lowest BCUT2D eigenvalue weighted by Crippen LogP contribution is -2.38. The van der Waals surface area contributed by atoms with E-state index in [1.165, 1.54) is 6.20 Å². The van der Waals surface area contributed by atoms with Gasteiger partial charge in [-0.15, -0.1) is 0 Å². The molecule has 7 nitrogen and oxygen atoms in total. The molecule has 2 aromatic carbocycles. The zero-order chi connectivity index (χ0) is 21.6. The van der Waals surface area contributed by atoms with Crippen LogP contribution >= 0.6 is 0 Å². The fraction of sp³-hybridized carbons (Fsp3) is 0.208. The Morgan fingerprint density at radius 2 is 1.81 bits per heavy atom. The van der Waals surface area contributed by atoms with E-state index in [9.17, 15) is 14.7 Å². The number of ether oxygens (including phenoxy) is 1. The number of para-hydroxylation sites is 1. The van der Waals surface area contributed by atoms with Gasteiger partial charge >= 0.3 is 5.97 Å². The van der Waals surface area contributed by atoms with E-state index in [-0.39, 0.29) is 17.4 Å². The van der Waals surface area contributed by atoms with E-state index in [2.05, 4.69) is 15.2 Å². The second kappa shape index (κ2) is 9.30. The maximum atomic E-state index is 12.4. The standard InChI is InChI=1S/C24H23N3O4/c28-23(17-5-4-12-25-16-17)26-22-9-8-18(15-21(22)24(29)30)27-13-10-20(11-14-27)31-19-6-2-1-3-7-19/h1-9,12,15-16,20H,10-11,13-14H2,(H,26,28)(H,29,30). The second-order valence-corrected chi connectivity index (χ2v) is 7.35. The Kier molecular flexibility index (Phi) is 6.12. The molecule has 0 atom stereocenters. The third kappa shape index (κ3) is 5.01. The van der Waals surface area contributed by atoms with Crippen molar-refractivity contribution < 1.29 is 19.4 Å². The molecular weight excluding hydrogens is 394 g/mol. The number of carbonyl (C=O) groups is 2. The average Bonchev–Trinajstić information content (AvgIpc) is 2.81. The molecule has 1 saturated heterocycles. The molecule has 0 bridgehead atoms. The lowest BCUT2D eigenvalue weighted by molar-refractivity contribution is 0.0698. The molecule has 0 unspecified atom stereocenters. The molecule has 3 aromatic rings. The van der Waals surface area contributed by atoms with E-state index in [1.54, 1.807) is 30.5 Å². The maximum absolute atomic E-state index is 12.4. The lowest BCUT2D eigenvalue weighted by Gasteiger charge is -2.34. The van der Waals surface area contributed by atoms with Crippen LogP contribution in [0.15, 0.2) is 73.1 Å². The van der Waals surface area contributed by atoms with Crippen molar-refractivity contribution in [2.45, 2.75) is 18.9 Å². The number of aromatic carboxylic acids is 1. The van der Waals surface area contributed by atoms with Crippen molar-refractivity contribution in [3.63, 3.8) is 0 Å². The Morgan fingerprint density at radius 1 is 1.03 bits per heavy atom. The number of pyridine rings is 1. The maximum Gasteiger partial charge on any atom is 0.337 e. The Balaban J connectivity index is 1.43. The largest absolute Gasteiger partial charge is 0.490 e. The van der Waals surface area contributed by atoms with E-state index in [1.807, 2.05) is 36.4 Å². The molecule has 1 fully saturated rings. The molecule has 158 valence electrons. The summed E-state index contributed by atoms with van der Waals surface area (Å²) >= 11 is 0. The molecule has 0 aliphatic carbocycles. The average molecular weight is 417 g/mol. The SMILES string of the molecule is O=C(Nc1ccc(N2CCC(Oc3ccccc3)CC2)cc1C(=O)O)c1cccnc1. The summed E-state index contributed by atoms with van der Waals surface area (Å²) in [5, 5.41) is 12.4. The molecule has 7 heteroatoms. The molecule has 1 aliphatic rings. The van der Waals surface area contributed by atoms with Crippen LogP contribution < -0.4 is 15.0 Å². The van der Waals surface area contributed by atoms with Crippen molar-refractivity contribution in [1.82, 2.24) is 4.98 Å². The van der Waals surface area contributed by atoms with Crippen molar-refractivity contribution in [2.75, 3.05) is 23.3 Å². The van der Waals surface area contributed by atoms with Gasteiger partial charge in [-0.25, -0.2) is 4.79 Å². The first-order valence-corrected chi connectivity index (χ1v) is 10.2. The van der Waals surface area contributed by atoms with Crippen molar-refractivity contribution in [1.29, 1.82) is 0 Å². The van der Waals surface area contributed by atoms with E-state index in [4.69, 9.17) is 4.74 Å². The first kappa shape index (κ1) is 20.4. The number of piperidine rings is 1. The zero-order valence-corrected chi connectivity index (χ0v) is 16.9. The molecule has 1 amide bonds. The number of aromatic nitrogens is 1. The fourth-order valence-corrected chi connectivity index (χ4v) is 3.63. The lowest BCUT2D eigenvalue weighted by atomic mass is 10.0. The van der Waals surface area contributed by atoms with Crippen molar-refractivity contribution in [3.8, 4) is 5.75 Å². The highest BCUT2D eigenvalue weighted by Gasteiger charge is 2.22. The molecule has 2 N–H and O–H groups in total. The molecule has 1 aromatic heterocycles. The highest BCUT2D eigenvalue weighted by Crippen LogP contribution is 2.27. The fourth-order valence-electron chi connectivity index (χ4n) is 3.63. The normalized spacial score (nSPS) is 14.1. The van der Waals surface area contributed by atoms with Crippen LogP contribution in [0.3, 0.4) is 0 Å². The van der Waals surface area contributed by atoms with E-state index in [0.29, 0.717) is 5.56 Å². The van der Waals surface area contributed by atoms with Gasteiger partial charge in [0.1, 0.15) is 11.9 Å². The number of hydrogen-bond donors (Lipinski definition) is 2. The van der Waals surface area contributed by atoms with Gasteiger partial charge in [0.25, 0.3) is 5.91 Å². The van der Waals surface area contributed by atoms with Crippen molar-refractivity contribution in [2.24, 2.45) is 0 Å². The Bertz CT molecular complexity index is 1050. The van der Waals surface area contributed by atoms with Gasteiger partial charge in [-0.05, 0) is 42.5 Å². The first-order valence-electron chi connectivity index (χ1n) is 10.2. The molecule has 0 saturated carbocycles. The smallest absolute Gasteiger partial charge is 0.337 e. The minimum absolute atomic E-state index is 0.0531. The predicted octanol–water partition coefficient (Wildman–Crippen LogP) is 4.08. The number of carboxylic acids is 1. The molecule has 4 rings (SSSR count). The van der Waals surface area contributed by atoms with Crippen molar-refractivity contribution >= 4 is 23.3 Å². The van der Waals surface area contributed by atoms with Crippen LogP contribution in [0.4, 0.5) is 11.4 Å². The highest BCUT2D eigenvalue weighted by atomic mass is 16.5. The number of amides is 1. The molecule has 31 heavy (non-hydrogen) atoms. The Morgan fingerprint density at radius 3 is 2.48 bits per heavy atom. The van der Waals surface area contributed by atoms with E-state index < -0.39 is 11.9 Å². The number of carbonyl (C=O) groups excluding carboxylic acids is 1. The summed E-state index contributed by atoms with van der Waals surface area (Å²) in [4.78, 5) is 30.3. The number of nitrogens with one attached hydrogen (secondary N) is 1. The van der Waals surface area contributed by atoms with Gasteiger partial charge in [-0.1, -0.05) is 18.2 Å². The van der Waals surface area contributed by atoms with Crippen LogP contribution in [-0.2, 0) is 0 Å². The third-order valence-electron chi connectivity index (χ3n) is 5.26. The van der Waals surface area contributed by atoms with Gasteiger partial charge in [0.15, 0.2) is 0 Å². The number of benzene rings is 2. The van der Waals surface area contributed by atoms with Gasteiger partial charge in [0, 0.05) is 44.0 Å². The summed E-state index contributed by atoms with van der Waals surface area (Å²) in [6.07, 6.45) is 4.83. The number of anilines is 2. The van der Waals surface area contributed by atoms with Crippen LogP contribution in [-0.4, -0.2) is 41.2 Å². The van der Waals surface area contributed by atoms with Crippen LogP contribution in [0.2, 0.25) is 0 Å². The highest BCUT2D eigenvalue weighted by molar-refractivity contribution is 6.07. The van der Waals surface area contributed by atoms with E-state index >= 15 is 0 Å². The van der Waals surface area contributed by atoms with Crippen LogP contribution in [0.1, 0.15) is 33.6 Å². The molecular formula is C24H23N3O4. The van der Waals surface area contributed by atoms with Gasteiger partial charge < -0.3 is 20.1 Å². The molecule has 0 spiro atoms. The Hall–Kier alpha value is -3.87. The van der Waals surface area contributed by atoms with Gasteiger partial charge in [-0.3, -0.25) is 9.78 Å². The molecule has 1 aliphatic heterocycles. The molecule has 0 radical (unpaired) electrons. The van der Waals surface area contributed by atoms with Crippen molar-refractivity contribution in [3.05, 3.63) is 84.2 Å². The van der Waals surface area contributed by atoms with E-state index in [0.717, 1.165) is 37.4 Å². The quantitative estimate of drug-likeness (QED) is 0.628. The summed E-state index contributed by atoms with van der Waals surface area (Å²) in [6, 6.07) is 18.1. The zero-order valence-electron chi connectivity index (χ0n) is 16.9. The topological polar surface area (TPSA) is 91.8 Å². The number of rotatable bonds is 6. The summed E-state index contributed by atoms with van der Waals surface area (Å²) < 4.78 is 6.03. The summed E-state index contributed by atoms with van der Waals surface area (Å²) in [6.45, 7) is 1.52. The number of hydrogen-bond acceptors (Lipinski definition) is 5.